The summed E-state index contributed by atoms with van der Waals surface area (Å²) >= 11 is 0. The van der Waals surface area contributed by atoms with Crippen molar-refractivity contribution in [2.24, 2.45) is 0 Å². The minimum absolute atomic E-state index is 0.0449. The molecule has 0 heterocycles. The lowest BCUT2D eigenvalue weighted by atomic mass is 9.84. The number of carbonyl (C=O) groups excluding carboxylic acids is 1. The lowest BCUT2D eigenvalue weighted by molar-refractivity contribution is -0.117. The predicted octanol–water partition coefficient (Wildman–Crippen LogP) is 7.94. The molecule has 0 aliphatic heterocycles. The van der Waals surface area contributed by atoms with E-state index in [9.17, 15) is 4.79 Å². The highest BCUT2D eigenvalue weighted by molar-refractivity contribution is 5.96. The molecule has 1 atom stereocenters. The number of amides is 1. The molecule has 0 aromatic heterocycles. The van der Waals surface area contributed by atoms with Gasteiger partial charge in [-0.05, 0) is 70.5 Å². The van der Waals surface area contributed by atoms with E-state index in [4.69, 9.17) is 14.2 Å². The van der Waals surface area contributed by atoms with Crippen molar-refractivity contribution in [2.75, 3.05) is 25.6 Å². The fraction of sp³-hybridized carbons (Fsp3) is 0.306. The Balaban J connectivity index is 1.36. The molecule has 4 aromatic carbocycles. The monoisotopic (exact) mass is 551 g/mol. The van der Waals surface area contributed by atoms with E-state index in [0.717, 1.165) is 34.7 Å². The van der Waals surface area contributed by atoms with Gasteiger partial charge in [0.15, 0.2) is 0 Å². The zero-order valence-corrected chi connectivity index (χ0v) is 24.6. The van der Waals surface area contributed by atoms with Crippen LogP contribution in [-0.2, 0) is 28.0 Å². The first-order valence-corrected chi connectivity index (χ1v) is 14.2. The molecule has 0 spiro atoms. The van der Waals surface area contributed by atoms with Crippen LogP contribution in [0.25, 0.3) is 0 Å². The number of methoxy groups -OCH3 is 1. The van der Waals surface area contributed by atoms with Crippen LogP contribution >= 0.6 is 0 Å². The van der Waals surface area contributed by atoms with E-state index >= 15 is 0 Å². The van der Waals surface area contributed by atoms with E-state index in [0.29, 0.717) is 26.2 Å². The van der Waals surface area contributed by atoms with Crippen LogP contribution < -0.4 is 14.8 Å². The maximum absolute atomic E-state index is 13.6. The predicted molar refractivity (Wildman–Crippen MR) is 166 cm³/mol. The van der Waals surface area contributed by atoms with Gasteiger partial charge in [-0.3, -0.25) is 4.79 Å². The molecule has 4 aromatic rings. The van der Waals surface area contributed by atoms with Crippen molar-refractivity contribution < 1.29 is 19.0 Å². The average Bonchev–Trinajstić information content (AvgIpc) is 2.99. The second-order valence-corrected chi connectivity index (χ2v) is 11.2. The number of anilines is 1. The molecule has 0 saturated heterocycles. The minimum atomic E-state index is -0.348. The van der Waals surface area contributed by atoms with Crippen LogP contribution in [0.15, 0.2) is 103 Å². The lowest BCUT2D eigenvalue weighted by Gasteiger charge is -2.22. The summed E-state index contributed by atoms with van der Waals surface area (Å²) in [6, 6.07) is 34.0. The van der Waals surface area contributed by atoms with Crippen molar-refractivity contribution in [1.29, 1.82) is 0 Å². The van der Waals surface area contributed by atoms with Crippen molar-refractivity contribution in [3.8, 4) is 11.5 Å². The second kappa shape index (κ2) is 14.5. The standard InChI is InChI=1S/C36H41NO4/c1-36(2,3)30-15-13-29(14-16-30)34(35(38)37-31-17-21-32(39-4)22-18-31)25-27-11-19-33(20-12-27)41-24-8-23-40-26-28-9-6-5-7-10-28/h5-7,9-22,34H,8,23-26H2,1-4H3,(H,37,38). The Morgan fingerprint density at radius 3 is 2.05 bits per heavy atom. The first kappa shape index (κ1) is 29.9. The molecule has 4 rings (SSSR count). The summed E-state index contributed by atoms with van der Waals surface area (Å²) in [5.41, 5.74) is 5.25. The van der Waals surface area contributed by atoms with Gasteiger partial charge in [-0.15, -0.1) is 0 Å². The molecule has 0 aliphatic rings. The van der Waals surface area contributed by atoms with E-state index < -0.39 is 0 Å². The minimum Gasteiger partial charge on any atom is -0.497 e. The van der Waals surface area contributed by atoms with Gasteiger partial charge in [0.2, 0.25) is 5.91 Å². The van der Waals surface area contributed by atoms with E-state index in [1.165, 1.54) is 11.1 Å². The largest absolute Gasteiger partial charge is 0.497 e. The van der Waals surface area contributed by atoms with Crippen LogP contribution in [0.1, 0.15) is 55.4 Å². The van der Waals surface area contributed by atoms with E-state index in [-0.39, 0.29) is 17.2 Å². The van der Waals surface area contributed by atoms with Gasteiger partial charge in [0.1, 0.15) is 11.5 Å². The fourth-order valence-electron chi connectivity index (χ4n) is 4.55. The number of hydrogen-bond donors (Lipinski definition) is 1. The molecule has 0 saturated carbocycles. The molecular formula is C36H41NO4. The summed E-state index contributed by atoms with van der Waals surface area (Å²) in [6.07, 6.45) is 1.39. The summed E-state index contributed by atoms with van der Waals surface area (Å²) in [5.74, 6) is 1.17. The van der Waals surface area contributed by atoms with Gasteiger partial charge in [0, 0.05) is 12.1 Å². The van der Waals surface area contributed by atoms with Crippen LogP contribution in [0.4, 0.5) is 5.69 Å². The number of benzene rings is 4. The van der Waals surface area contributed by atoms with Crippen molar-refractivity contribution in [3.05, 3.63) is 125 Å². The number of nitrogens with one attached hydrogen (secondary N) is 1. The Labute approximate surface area is 244 Å². The third-order valence-corrected chi connectivity index (χ3v) is 7.03. The van der Waals surface area contributed by atoms with E-state index in [1.807, 2.05) is 66.7 Å². The topological polar surface area (TPSA) is 56.8 Å². The summed E-state index contributed by atoms with van der Waals surface area (Å²) in [7, 11) is 1.63. The van der Waals surface area contributed by atoms with Crippen molar-refractivity contribution >= 4 is 11.6 Å². The third-order valence-electron chi connectivity index (χ3n) is 7.03. The molecular weight excluding hydrogens is 510 g/mol. The summed E-state index contributed by atoms with van der Waals surface area (Å²) in [5, 5.41) is 3.09. The second-order valence-electron chi connectivity index (χ2n) is 11.2. The SMILES string of the molecule is COc1ccc(NC(=O)C(Cc2ccc(OCCCOCc3ccccc3)cc2)c2ccc(C(C)(C)C)cc2)cc1. The summed E-state index contributed by atoms with van der Waals surface area (Å²) in [6.45, 7) is 8.42. The Hall–Kier alpha value is -4.09. The Kier molecular flexibility index (Phi) is 10.6. The van der Waals surface area contributed by atoms with Gasteiger partial charge >= 0.3 is 0 Å². The molecule has 1 amide bonds. The molecule has 0 fully saturated rings. The normalized spacial score (nSPS) is 12.0. The van der Waals surface area contributed by atoms with Crippen molar-refractivity contribution in [1.82, 2.24) is 0 Å². The quantitative estimate of drug-likeness (QED) is 0.171. The van der Waals surface area contributed by atoms with Gasteiger partial charge in [0.25, 0.3) is 0 Å². The van der Waals surface area contributed by atoms with E-state index in [2.05, 4.69) is 62.5 Å². The fourth-order valence-corrected chi connectivity index (χ4v) is 4.55. The van der Waals surface area contributed by atoms with Gasteiger partial charge < -0.3 is 19.5 Å². The molecule has 5 heteroatoms. The van der Waals surface area contributed by atoms with Crippen LogP contribution in [0.2, 0.25) is 0 Å². The van der Waals surface area contributed by atoms with Gasteiger partial charge in [-0.2, -0.15) is 0 Å². The molecule has 5 nitrogen and oxygen atoms in total. The first-order chi connectivity index (χ1) is 19.8. The lowest BCUT2D eigenvalue weighted by Crippen LogP contribution is -2.23. The van der Waals surface area contributed by atoms with Crippen LogP contribution in [0.5, 0.6) is 11.5 Å². The summed E-state index contributed by atoms with van der Waals surface area (Å²) < 4.78 is 16.9. The average molecular weight is 552 g/mol. The molecule has 214 valence electrons. The molecule has 0 radical (unpaired) electrons. The molecule has 1 unspecified atom stereocenters. The molecule has 1 N–H and O–H groups in total. The molecule has 0 aliphatic carbocycles. The third kappa shape index (κ3) is 9.22. The van der Waals surface area contributed by atoms with Crippen molar-refractivity contribution in [2.45, 2.75) is 51.6 Å². The van der Waals surface area contributed by atoms with Gasteiger partial charge in [-0.25, -0.2) is 0 Å². The van der Waals surface area contributed by atoms with E-state index in [1.54, 1.807) is 7.11 Å². The van der Waals surface area contributed by atoms with Crippen molar-refractivity contribution in [3.63, 3.8) is 0 Å². The smallest absolute Gasteiger partial charge is 0.232 e. The molecule has 0 bridgehead atoms. The Bertz CT molecular complexity index is 1340. The van der Waals surface area contributed by atoms with Crippen LogP contribution in [-0.4, -0.2) is 26.2 Å². The number of ether oxygens (including phenoxy) is 3. The van der Waals surface area contributed by atoms with Crippen LogP contribution in [0.3, 0.4) is 0 Å². The highest BCUT2D eigenvalue weighted by atomic mass is 16.5. The highest BCUT2D eigenvalue weighted by Crippen LogP contribution is 2.28. The maximum Gasteiger partial charge on any atom is 0.232 e. The zero-order chi connectivity index (χ0) is 29.1. The maximum atomic E-state index is 13.6. The summed E-state index contributed by atoms with van der Waals surface area (Å²) in [4.78, 5) is 13.6. The highest BCUT2D eigenvalue weighted by Gasteiger charge is 2.23. The van der Waals surface area contributed by atoms with Gasteiger partial charge in [-0.1, -0.05) is 87.5 Å². The Morgan fingerprint density at radius 2 is 1.41 bits per heavy atom. The number of rotatable bonds is 13. The van der Waals surface area contributed by atoms with Gasteiger partial charge in [0.05, 0.1) is 32.8 Å². The first-order valence-electron chi connectivity index (χ1n) is 14.2. The zero-order valence-electron chi connectivity index (χ0n) is 24.6. The van der Waals surface area contributed by atoms with Crippen LogP contribution in [0, 0.1) is 0 Å². The Morgan fingerprint density at radius 1 is 0.756 bits per heavy atom. The number of carbonyl (C=O) groups is 1. The molecule has 41 heavy (non-hydrogen) atoms. The number of hydrogen-bond acceptors (Lipinski definition) is 4.